The van der Waals surface area contributed by atoms with Gasteiger partial charge in [-0.3, -0.25) is 9.27 Å². The third-order valence-corrected chi connectivity index (χ3v) is 12.3. The number of thiophene rings is 1. The summed E-state index contributed by atoms with van der Waals surface area (Å²) in [4.78, 5) is 14.6. The molecule has 0 bridgehead atoms. The van der Waals surface area contributed by atoms with E-state index in [-0.39, 0.29) is 27.6 Å². The lowest BCUT2D eigenvalue weighted by atomic mass is 10.1. The van der Waals surface area contributed by atoms with E-state index in [9.17, 15) is 27.0 Å². The monoisotopic (exact) mass is 848 g/mol. The molecule has 0 saturated heterocycles. The van der Waals surface area contributed by atoms with Crippen LogP contribution in [0.2, 0.25) is 0 Å². The molecule has 0 spiro atoms. The number of sulfonamides is 1. The van der Waals surface area contributed by atoms with E-state index >= 15 is 0 Å². The molecule has 298 valence electrons. The number of nitrogens with two attached hydrogens (primary N) is 1. The molecule has 0 aliphatic rings. The number of anilines is 2. The van der Waals surface area contributed by atoms with Crippen LogP contribution in [-0.2, 0) is 25.9 Å². The van der Waals surface area contributed by atoms with Crippen molar-refractivity contribution in [3.63, 3.8) is 0 Å². The predicted octanol–water partition coefficient (Wildman–Crippen LogP) is 8.88. The number of aromatic amines is 2. The first-order chi connectivity index (χ1) is 28.3. The van der Waals surface area contributed by atoms with Gasteiger partial charge < -0.3 is 34.7 Å². The maximum atomic E-state index is 12.6. The van der Waals surface area contributed by atoms with Crippen molar-refractivity contribution in [3.8, 4) is 34.7 Å². The molecule has 10 aromatic rings. The molecule has 8 N–H and O–H groups in total. The lowest BCUT2D eigenvalue weighted by Crippen LogP contribution is -2.14. The lowest BCUT2D eigenvalue weighted by molar-refractivity contribution is 0.457. The van der Waals surface area contributed by atoms with Gasteiger partial charge in [0.05, 0.1) is 5.75 Å². The Labute approximate surface area is 339 Å². The van der Waals surface area contributed by atoms with E-state index in [1.807, 2.05) is 54.6 Å². The van der Waals surface area contributed by atoms with Gasteiger partial charge in [0.25, 0.3) is 0 Å². The number of para-hydroxylation sites is 4. The van der Waals surface area contributed by atoms with Crippen LogP contribution < -0.4 is 10.5 Å². The second-order valence-corrected chi connectivity index (χ2v) is 17.3. The summed E-state index contributed by atoms with van der Waals surface area (Å²) in [5.74, 6) is 0.421. The van der Waals surface area contributed by atoms with Crippen molar-refractivity contribution in [1.82, 2.24) is 19.9 Å². The summed E-state index contributed by atoms with van der Waals surface area (Å²) >= 11 is 0.992. The number of nitrogens with one attached hydrogen (secondary N) is 3. The molecule has 0 saturated carbocycles. The van der Waals surface area contributed by atoms with Gasteiger partial charge in [-0.2, -0.15) is 8.42 Å². The highest BCUT2D eigenvalue weighted by atomic mass is 32.3. The molecule has 0 atom stereocenters. The normalized spacial score (nSPS) is 11.7. The molecule has 0 radical (unpaired) electrons. The lowest BCUT2D eigenvalue weighted by Gasteiger charge is -2.08. The number of aromatic hydroxyl groups is 2. The van der Waals surface area contributed by atoms with Crippen molar-refractivity contribution < 1.29 is 40.4 Å². The molecule has 0 fully saturated rings. The van der Waals surface area contributed by atoms with Crippen LogP contribution in [0.1, 0.15) is 5.56 Å². The number of benzene rings is 5. The molecule has 0 unspecified atom stereocenters. The van der Waals surface area contributed by atoms with E-state index in [1.165, 1.54) is 6.07 Å². The number of fused-ring (bicyclic) bond motifs is 4. The second kappa shape index (κ2) is 15.7. The molecule has 0 aliphatic carbocycles. The number of oxazole rings is 2. The molecule has 5 aromatic heterocycles. The van der Waals surface area contributed by atoms with Gasteiger partial charge in [0.15, 0.2) is 11.2 Å². The maximum absolute atomic E-state index is 12.6. The van der Waals surface area contributed by atoms with Crippen LogP contribution in [-0.4, -0.2) is 51.5 Å². The molecule has 18 heteroatoms. The van der Waals surface area contributed by atoms with Gasteiger partial charge in [-0.25, -0.2) is 18.4 Å². The van der Waals surface area contributed by atoms with E-state index < -0.39 is 20.1 Å². The number of aromatic nitrogens is 4. The summed E-state index contributed by atoms with van der Waals surface area (Å²) in [5, 5.41) is 23.5. The van der Waals surface area contributed by atoms with E-state index in [0.29, 0.717) is 61.5 Å². The predicted molar refractivity (Wildman–Crippen MR) is 227 cm³/mol. The molecule has 10 rings (SSSR count). The van der Waals surface area contributed by atoms with Gasteiger partial charge in [-0.1, -0.05) is 60.7 Å². The molecule has 0 aliphatic heterocycles. The largest absolute Gasteiger partial charge is 0.494 e. The van der Waals surface area contributed by atoms with Crippen molar-refractivity contribution in [3.05, 3.63) is 138 Å². The van der Waals surface area contributed by atoms with Gasteiger partial charge >= 0.3 is 10.1 Å². The minimum absolute atomic E-state index is 0.0116. The highest BCUT2D eigenvalue weighted by Crippen LogP contribution is 2.40. The Morgan fingerprint density at radius 3 is 1.73 bits per heavy atom. The fourth-order valence-electron chi connectivity index (χ4n) is 6.25. The Hall–Kier alpha value is -7.12. The standard InChI is InChI=1S/C22H17N3O4S.C15H11N3O2.C4H4O3S2/c26-21-20(22-24-18-8-4-5-9-19(18)29-22)16-12-15(10-11-17(16)23-21)25-30(27,28)13-14-6-2-1-3-7-14;16-8-5-6-10-9(7-8)13(14(19)17-10)15-18-11-3-1-2-4-12(11)20-15;5-9(6,7)4-2-1-3-8-4/h1-12,23,25-26H,13H2;1-7,17,19H,16H2;1-3H,(H,5,6,7). The second-order valence-electron chi connectivity index (χ2n) is 13.0. The van der Waals surface area contributed by atoms with Gasteiger partial charge in [-0.05, 0) is 77.7 Å². The molecule has 5 heterocycles. The first-order valence-corrected chi connectivity index (χ1v) is 21.5. The number of H-pyrrole nitrogens is 2. The summed E-state index contributed by atoms with van der Waals surface area (Å²) in [6.45, 7) is 0. The Kier molecular flexibility index (Phi) is 10.3. The highest BCUT2D eigenvalue weighted by molar-refractivity contribution is 7.91. The zero-order chi connectivity index (χ0) is 41.3. The first kappa shape index (κ1) is 38.7. The van der Waals surface area contributed by atoms with E-state index in [2.05, 4.69) is 24.7 Å². The molecule has 0 amide bonds. The Morgan fingerprint density at radius 1 is 0.661 bits per heavy atom. The summed E-state index contributed by atoms with van der Waals surface area (Å²) in [6.07, 6.45) is 0. The summed E-state index contributed by atoms with van der Waals surface area (Å²) in [5.41, 5.74) is 12.5. The molecule has 15 nitrogen and oxygen atoms in total. The average Bonchev–Trinajstić information content (AvgIpc) is 4.04. The van der Waals surface area contributed by atoms with Crippen molar-refractivity contribution in [2.24, 2.45) is 0 Å². The first-order valence-electron chi connectivity index (χ1n) is 17.5. The van der Waals surface area contributed by atoms with Crippen LogP contribution >= 0.6 is 11.3 Å². The van der Waals surface area contributed by atoms with Crippen molar-refractivity contribution in [1.29, 1.82) is 0 Å². The van der Waals surface area contributed by atoms with E-state index in [1.54, 1.807) is 72.1 Å². The third kappa shape index (κ3) is 8.46. The fourth-order valence-corrected chi connectivity index (χ4v) is 8.79. The van der Waals surface area contributed by atoms with Crippen LogP contribution in [0.25, 0.3) is 66.9 Å². The minimum atomic E-state index is -3.94. The Bertz CT molecular complexity index is 3250. The van der Waals surface area contributed by atoms with E-state index in [0.717, 1.165) is 27.8 Å². The van der Waals surface area contributed by atoms with Crippen molar-refractivity contribution in [2.45, 2.75) is 9.96 Å². The summed E-state index contributed by atoms with van der Waals surface area (Å²) in [7, 11) is -7.55. The topological polar surface area (TPSA) is 251 Å². The quantitative estimate of drug-likeness (QED) is 0.0587. The minimum Gasteiger partial charge on any atom is -0.494 e. The van der Waals surface area contributed by atoms with Gasteiger partial charge in [0, 0.05) is 33.2 Å². The highest BCUT2D eigenvalue weighted by Gasteiger charge is 2.21. The third-order valence-electron chi connectivity index (χ3n) is 8.82. The molecule has 59 heavy (non-hydrogen) atoms. The zero-order valence-corrected chi connectivity index (χ0v) is 32.8. The van der Waals surface area contributed by atoms with Crippen LogP contribution in [0.5, 0.6) is 11.8 Å². The fraction of sp³-hybridized carbons (Fsp3) is 0.0244. The van der Waals surface area contributed by atoms with Crippen LogP contribution in [0.3, 0.4) is 0 Å². The molecular formula is C41H32N6O9S3. The van der Waals surface area contributed by atoms with Crippen LogP contribution in [0.4, 0.5) is 11.4 Å². The smallest absolute Gasteiger partial charge is 0.304 e. The number of rotatable bonds is 7. The van der Waals surface area contributed by atoms with Gasteiger partial charge in [0.1, 0.15) is 26.4 Å². The van der Waals surface area contributed by atoms with E-state index in [4.69, 9.17) is 19.1 Å². The van der Waals surface area contributed by atoms with Crippen LogP contribution in [0, 0.1) is 0 Å². The zero-order valence-electron chi connectivity index (χ0n) is 30.4. The summed E-state index contributed by atoms with van der Waals surface area (Å²) < 4.78 is 68.1. The van der Waals surface area contributed by atoms with Gasteiger partial charge in [-0.15, -0.1) is 11.3 Å². The Balaban J connectivity index is 0.000000142. The van der Waals surface area contributed by atoms with Gasteiger partial charge in [0.2, 0.25) is 33.6 Å². The Morgan fingerprint density at radius 2 is 1.20 bits per heavy atom. The average molecular weight is 849 g/mol. The SMILES string of the molecule is Nc1ccc2[nH]c(O)c(-c3nc4ccccc4o3)c2c1.O=S(=O)(Cc1ccccc1)Nc1ccc2[nH]c(O)c(-c3nc4ccccc4o3)c2c1.O=S(=O)(O)c1cccs1. The van der Waals surface area contributed by atoms with Crippen molar-refractivity contribution >= 4 is 86.9 Å². The van der Waals surface area contributed by atoms with Crippen molar-refractivity contribution in [2.75, 3.05) is 10.5 Å². The van der Waals surface area contributed by atoms with Crippen LogP contribution in [0.15, 0.2) is 146 Å². The maximum Gasteiger partial charge on any atom is 0.304 e. The summed E-state index contributed by atoms with van der Waals surface area (Å²) in [6, 6.07) is 37.0. The number of hydrogen-bond acceptors (Lipinski definition) is 12. The number of hydrogen-bond donors (Lipinski definition) is 7. The number of nitrogens with zero attached hydrogens (tertiary/aromatic N) is 2. The molecule has 5 aromatic carbocycles. The molecular weight excluding hydrogens is 817 g/mol. The number of nitrogen functional groups attached to an aromatic ring is 1.